The van der Waals surface area contributed by atoms with Gasteiger partial charge >= 0.3 is 0 Å². The molecule has 0 saturated heterocycles. The smallest absolute Gasteiger partial charge is 0.261 e. The maximum absolute atomic E-state index is 12.6. The molecule has 0 radical (unpaired) electrons. The summed E-state index contributed by atoms with van der Waals surface area (Å²) in [4.78, 5) is 12.6. The number of aromatic nitrogens is 2. The van der Waals surface area contributed by atoms with Gasteiger partial charge < -0.3 is 4.74 Å². The Labute approximate surface area is 167 Å². The molecule has 0 spiro atoms. The van der Waals surface area contributed by atoms with E-state index >= 15 is 0 Å². The van der Waals surface area contributed by atoms with Gasteiger partial charge in [0.25, 0.3) is 5.91 Å². The minimum atomic E-state index is -0.264. The summed E-state index contributed by atoms with van der Waals surface area (Å²) in [7, 11) is 0. The topological polar surface area (TPSA) is 64.1 Å². The Hall–Kier alpha value is -2.44. The van der Waals surface area contributed by atoms with Gasteiger partial charge in [-0.3, -0.25) is 10.1 Å². The zero-order valence-corrected chi connectivity index (χ0v) is 16.5. The average molecular weight is 402 g/mol. The lowest BCUT2D eigenvalue weighted by atomic mass is 10.2. The maximum Gasteiger partial charge on any atom is 0.261 e. The second kappa shape index (κ2) is 9.48. The number of nitrogens with one attached hydrogen (secondary N) is 1. The average Bonchev–Trinajstić information content (AvgIpc) is 3.13. The van der Waals surface area contributed by atoms with Crippen LogP contribution in [0.25, 0.3) is 0 Å². The third-order valence-electron chi connectivity index (χ3n) is 3.87. The van der Waals surface area contributed by atoms with Crippen LogP contribution in [0.3, 0.4) is 0 Å². The second-order valence-corrected chi connectivity index (χ2v) is 7.47. The van der Waals surface area contributed by atoms with Gasteiger partial charge in [-0.15, -0.1) is 10.2 Å². The first-order valence-electron chi connectivity index (χ1n) is 8.75. The Morgan fingerprint density at radius 3 is 2.70 bits per heavy atom. The van der Waals surface area contributed by atoms with Crippen molar-refractivity contribution in [3.63, 3.8) is 0 Å². The quantitative estimate of drug-likeness (QED) is 0.551. The van der Waals surface area contributed by atoms with Crippen LogP contribution < -0.4 is 10.1 Å². The molecule has 1 heterocycles. The molecule has 2 aromatic carbocycles. The number of aryl methyl sites for hydroxylation is 1. The number of amides is 1. The zero-order chi connectivity index (χ0) is 19.1. The summed E-state index contributed by atoms with van der Waals surface area (Å²) < 4.78 is 5.84. The highest BCUT2D eigenvalue weighted by atomic mass is 35.5. The molecule has 0 aliphatic rings. The maximum atomic E-state index is 12.6. The molecule has 0 saturated carbocycles. The number of ether oxygens (including phenoxy) is 1. The van der Waals surface area contributed by atoms with Crippen molar-refractivity contribution in [1.29, 1.82) is 0 Å². The van der Waals surface area contributed by atoms with Crippen molar-refractivity contribution >= 4 is 34.0 Å². The van der Waals surface area contributed by atoms with Gasteiger partial charge in [0.2, 0.25) is 5.13 Å². The van der Waals surface area contributed by atoms with Gasteiger partial charge in [0.05, 0.1) is 5.56 Å². The van der Waals surface area contributed by atoms with E-state index in [-0.39, 0.29) is 5.91 Å². The lowest BCUT2D eigenvalue weighted by Gasteiger charge is -2.11. The van der Waals surface area contributed by atoms with Crippen molar-refractivity contribution in [2.24, 2.45) is 0 Å². The molecular weight excluding hydrogens is 382 g/mol. The van der Waals surface area contributed by atoms with Crippen molar-refractivity contribution in [2.45, 2.75) is 32.8 Å². The van der Waals surface area contributed by atoms with E-state index in [4.69, 9.17) is 16.3 Å². The molecule has 1 N–H and O–H groups in total. The first kappa shape index (κ1) is 19.3. The molecule has 3 rings (SSSR count). The standard InChI is InChI=1S/C20H20ClN3O2S/c1-2-3-8-18-23-24-20(27-18)22-19(25)16-6-4-5-7-17(16)26-13-14-9-11-15(21)12-10-14/h4-7,9-12H,2-3,8,13H2,1H3,(H,22,24,25). The molecule has 0 atom stereocenters. The molecule has 5 nitrogen and oxygen atoms in total. The van der Waals surface area contributed by atoms with Crippen LogP contribution in [0.5, 0.6) is 5.75 Å². The van der Waals surface area contributed by atoms with Crippen molar-refractivity contribution < 1.29 is 9.53 Å². The monoisotopic (exact) mass is 401 g/mol. The Balaban J connectivity index is 1.66. The van der Waals surface area contributed by atoms with Crippen LogP contribution in [0.4, 0.5) is 5.13 Å². The molecular formula is C20H20ClN3O2S. The number of rotatable bonds is 8. The number of nitrogens with zero attached hydrogens (tertiary/aromatic N) is 2. The number of benzene rings is 2. The molecule has 3 aromatic rings. The highest BCUT2D eigenvalue weighted by Gasteiger charge is 2.15. The summed E-state index contributed by atoms with van der Waals surface area (Å²) in [6.45, 7) is 2.48. The van der Waals surface area contributed by atoms with Crippen molar-refractivity contribution in [1.82, 2.24) is 10.2 Å². The number of halogens is 1. The van der Waals surface area contributed by atoms with E-state index in [1.165, 1.54) is 11.3 Å². The van der Waals surface area contributed by atoms with Crippen LogP contribution in [0.1, 0.15) is 40.7 Å². The van der Waals surface area contributed by atoms with E-state index in [1.807, 2.05) is 30.3 Å². The van der Waals surface area contributed by atoms with Crippen molar-refractivity contribution in [3.8, 4) is 5.75 Å². The fourth-order valence-electron chi connectivity index (χ4n) is 2.42. The predicted octanol–water partition coefficient (Wildman–Crippen LogP) is 5.37. The normalized spacial score (nSPS) is 10.6. The van der Waals surface area contributed by atoms with E-state index < -0.39 is 0 Å². The number of para-hydroxylation sites is 1. The van der Waals surface area contributed by atoms with Gasteiger partial charge in [0, 0.05) is 11.4 Å². The number of carbonyl (C=O) groups excluding carboxylic acids is 1. The first-order chi connectivity index (χ1) is 13.2. The van der Waals surface area contributed by atoms with Crippen molar-refractivity contribution in [3.05, 3.63) is 69.7 Å². The van der Waals surface area contributed by atoms with Gasteiger partial charge in [0.1, 0.15) is 17.4 Å². The van der Waals surface area contributed by atoms with Gasteiger partial charge in [-0.05, 0) is 36.2 Å². The Morgan fingerprint density at radius 2 is 1.93 bits per heavy atom. The molecule has 0 aliphatic carbocycles. The van der Waals surface area contributed by atoms with Crippen LogP contribution in [0, 0.1) is 0 Å². The van der Waals surface area contributed by atoms with Gasteiger partial charge in [-0.1, -0.05) is 60.5 Å². The van der Waals surface area contributed by atoms with Crippen LogP contribution in [0.15, 0.2) is 48.5 Å². The highest BCUT2D eigenvalue weighted by molar-refractivity contribution is 7.15. The third-order valence-corrected chi connectivity index (χ3v) is 5.02. The van der Waals surface area contributed by atoms with Gasteiger partial charge in [-0.25, -0.2) is 0 Å². The lowest BCUT2D eigenvalue weighted by molar-refractivity contribution is 0.102. The van der Waals surface area contributed by atoms with Crippen LogP contribution in [-0.4, -0.2) is 16.1 Å². The summed E-state index contributed by atoms with van der Waals surface area (Å²) in [5.74, 6) is 0.251. The summed E-state index contributed by atoms with van der Waals surface area (Å²) in [6.07, 6.45) is 3.04. The lowest BCUT2D eigenvalue weighted by Crippen LogP contribution is -2.13. The molecule has 0 aliphatic heterocycles. The predicted molar refractivity (Wildman–Crippen MR) is 109 cm³/mol. The molecule has 1 aromatic heterocycles. The molecule has 0 fully saturated rings. The van der Waals surface area contributed by atoms with E-state index in [2.05, 4.69) is 22.4 Å². The van der Waals surface area contributed by atoms with Crippen LogP contribution in [-0.2, 0) is 13.0 Å². The molecule has 1 amide bonds. The number of carbonyl (C=O) groups is 1. The molecule has 0 bridgehead atoms. The minimum Gasteiger partial charge on any atom is -0.488 e. The fraction of sp³-hybridized carbons (Fsp3) is 0.250. The minimum absolute atomic E-state index is 0.264. The summed E-state index contributed by atoms with van der Waals surface area (Å²) in [5.41, 5.74) is 1.43. The molecule has 7 heteroatoms. The number of hydrogen-bond acceptors (Lipinski definition) is 5. The number of anilines is 1. The third kappa shape index (κ3) is 5.52. The van der Waals surface area contributed by atoms with E-state index in [1.54, 1.807) is 18.2 Å². The van der Waals surface area contributed by atoms with Crippen LogP contribution >= 0.6 is 22.9 Å². The SMILES string of the molecule is CCCCc1nnc(NC(=O)c2ccccc2OCc2ccc(Cl)cc2)s1. The fourth-order valence-corrected chi connectivity index (χ4v) is 3.32. The number of hydrogen-bond donors (Lipinski definition) is 1. The van der Waals surface area contributed by atoms with Gasteiger partial charge in [0.15, 0.2) is 0 Å². The zero-order valence-electron chi connectivity index (χ0n) is 14.9. The summed E-state index contributed by atoms with van der Waals surface area (Å²) in [5, 5.41) is 13.1. The Morgan fingerprint density at radius 1 is 1.15 bits per heavy atom. The summed E-state index contributed by atoms with van der Waals surface area (Å²) in [6, 6.07) is 14.5. The second-order valence-electron chi connectivity index (χ2n) is 5.97. The number of unbranched alkanes of at least 4 members (excludes halogenated alkanes) is 1. The van der Waals surface area contributed by atoms with Crippen molar-refractivity contribution in [2.75, 3.05) is 5.32 Å². The Kier molecular flexibility index (Phi) is 6.79. The van der Waals surface area contributed by atoms with E-state index in [9.17, 15) is 4.79 Å². The van der Waals surface area contributed by atoms with E-state index in [0.717, 1.165) is 29.8 Å². The summed E-state index contributed by atoms with van der Waals surface area (Å²) >= 11 is 7.30. The highest BCUT2D eigenvalue weighted by Crippen LogP contribution is 2.23. The van der Waals surface area contributed by atoms with Gasteiger partial charge in [-0.2, -0.15) is 0 Å². The van der Waals surface area contributed by atoms with E-state index in [0.29, 0.717) is 28.1 Å². The molecule has 0 unspecified atom stereocenters. The molecule has 27 heavy (non-hydrogen) atoms. The molecule has 140 valence electrons. The largest absolute Gasteiger partial charge is 0.488 e. The Bertz CT molecular complexity index is 896. The van der Waals surface area contributed by atoms with Crippen LogP contribution in [0.2, 0.25) is 5.02 Å². The first-order valence-corrected chi connectivity index (χ1v) is 9.95.